The highest BCUT2D eigenvalue weighted by Crippen LogP contribution is 2.35. The molecule has 3 aromatic heterocycles. The third-order valence-electron chi connectivity index (χ3n) is 6.53. The van der Waals surface area contributed by atoms with Crippen molar-refractivity contribution in [3.63, 3.8) is 0 Å². The zero-order chi connectivity index (χ0) is 26.7. The number of aliphatic hydroxyl groups is 1. The van der Waals surface area contributed by atoms with Gasteiger partial charge in [-0.05, 0) is 56.9 Å². The Morgan fingerprint density at radius 3 is 2.76 bits per heavy atom. The van der Waals surface area contributed by atoms with Crippen LogP contribution in [0.15, 0.2) is 36.7 Å². The van der Waals surface area contributed by atoms with Gasteiger partial charge in [-0.3, -0.25) is 14.6 Å². The fourth-order valence-corrected chi connectivity index (χ4v) is 4.24. The summed E-state index contributed by atoms with van der Waals surface area (Å²) < 4.78 is 20.6. The first-order chi connectivity index (χ1) is 17.6. The number of halogens is 1. The average Bonchev–Trinajstić information content (AvgIpc) is 3.28. The lowest BCUT2D eigenvalue weighted by molar-refractivity contribution is -0.142. The molecule has 0 spiro atoms. The van der Waals surface area contributed by atoms with Gasteiger partial charge in [0.1, 0.15) is 12.2 Å². The fourth-order valence-electron chi connectivity index (χ4n) is 4.24. The van der Waals surface area contributed by atoms with E-state index < -0.39 is 17.7 Å². The van der Waals surface area contributed by atoms with E-state index in [1.807, 2.05) is 12.1 Å². The van der Waals surface area contributed by atoms with Gasteiger partial charge >= 0.3 is 5.97 Å². The number of hydrogen-bond acceptors (Lipinski definition) is 8. The molecular formula is C26H29FN6O4. The number of fused-ring (bicyclic) bond motifs is 1. The molecular weight excluding hydrogens is 479 g/mol. The lowest BCUT2D eigenvalue weighted by Crippen LogP contribution is -2.42. The normalized spacial score (nSPS) is 17.9. The Labute approximate surface area is 213 Å². The number of carbonyl (C=O) groups excluding carboxylic acids is 2. The summed E-state index contributed by atoms with van der Waals surface area (Å²) in [4.78, 5) is 29.0. The van der Waals surface area contributed by atoms with E-state index in [1.165, 1.54) is 33.4 Å². The molecule has 1 saturated carbocycles. The van der Waals surface area contributed by atoms with Gasteiger partial charge in [-0.2, -0.15) is 10.4 Å². The van der Waals surface area contributed by atoms with E-state index in [1.54, 1.807) is 16.6 Å². The molecule has 0 unspecified atom stereocenters. The number of nitrogens with zero attached hydrogens (tertiary/aromatic N) is 4. The molecule has 4 rings (SSSR count). The van der Waals surface area contributed by atoms with Crippen molar-refractivity contribution in [2.75, 3.05) is 19.0 Å². The van der Waals surface area contributed by atoms with Crippen molar-refractivity contribution in [3.05, 3.63) is 47.8 Å². The molecule has 1 amide bonds. The van der Waals surface area contributed by atoms with Crippen molar-refractivity contribution in [2.45, 2.75) is 50.9 Å². The average molecular weight is 509 g/mol. The SMILES string of the molecule is COC(=O)CC1CC(Nc2cc(-c3ccc4cc(C#N)cnn34)ncc2C(=O)NC[C@@H](F)C(C)(C)O)C1. The molecule has 3 heterocycles. The number of hydrogen-bond donors (Lipinski definition) is 3. The minimum absolute atomic E-state index is 0.0297. The van der Waals surface area contributed by atoms with Crippen LogP contribution >= 0.6 is 0 Å². The third-order valence-corrected chi connectivity index (χ3v) is 6.53. The zero-order valence-corrected chi connectivity index (χ0v) is 20.9. The molecule has 0 radical (unpaired) electrons. The fraction of sp³-hybridized carbons (Fsp3) is 0.423. The number of nitriles is 1. The maximum absolute atomic E-state index is 14.2. The van der Waals surface area contributed by atoms with Crippen molar-refractivity contribution >= 4 is 23.1 Å². The van der Waals surface area contributed by atoms with Crippen LogP contribution in [0.2, 0.25) is 0 Å². The summed E-state index contributed by atoms with van der Waals surface area (Å²) in [5.74, 6) is -0.596. The minimum atomic E-state index is -1.65. The molecule has 0 saturated heterocycles. The van der Waals surface area contributed by atoms with Crippen LogP contribution < -0.4 is 10.6 Å². The smallest absolute Gasteiger partial charge is 0.305 e. The molecule has 0 bridgehead atoms. The van der Waals surface area contributed by atoms with Gasteiger partial charge < -0.3 is 20.5 Å². The Bertz CT molecular complexity index is 1350. The van der Waals surface area contributed by atoms with E-state index >= 15 is 0 Å². The number of anilines is 1. The number of aromatic nitrogens is 3. The first-order valence-electron chi connectivity index (χ1n) is 11.9. The highest BCUT2D eigenvalue weighted by Gasteiger charge is 2.32. The number of alkyl halides is 1. The molecule has 1 aliphatic rings. The van der Waals surface area contributed by atoms with Crippen LogP contribution in [0.5, 0.6) is 0 Å². The number of rotatable bonds is 9. The van der Waals surface area contributed by atoms with Gasteiger partial charge in [0.2, 0.25) is 0 Å². The van der Waals surface area contributed by atoms with E-state index in [0.717, 1.165) is 18.4 Å². The van der Waals surface area contributed by atoms with Crippen molar-refractivity contribution in [2.24, 2.45) is 5.92 Å². The maximum Gasteiger partial charge on any atom is 0.305 e. The highest BCUT2D eigenvalue weighted by atomic mass is 19.1. The summed E-state index contributed by atoms with van der Waals surface area (Å²) in [6.07, 6.45) is 3.02. The summed E-state index contributed by atoms with van der Waals surface area (Å²) >= 11 is 0. The Balaban J connectivity index is 1.59. The summed E-state index contributed by atoms with van der Waals surface area (Å²) in [5.41, 5.74) is 1.50. The Morgan fingerprint density at radius 1 is 1.32 bits per heavy atom. The molecule has 194 valence electrons. The van der Waals surface area contributed by atoms with Crippen molar-refractivity contribution in [3.8, 4) is 17.5 Å². The van der Waals surface area contributed by atoms with Gasteiger partial charge in [0, 0.05) is 18.7 Å². The topological polar surface area (TPSA) is 142 Å². The Morgan fingerprint density at radius 2 is 2.08 bits per heavy atom. The van der Waals surface area contributed by atoms with Crippen LogP contribution in [0.3, 0.4) is 0 Å². The van der Waals surface area contributed by atoms with Gasteiger partial charge in [-0.15, -0.1) is 0 Å². The van der Waals surface area contributed by atoms with Crippen LogP contribution in [-0.4, -0.2) is 63.1 Å². The molecule has 10 nitrogen and oxygen atoms in total. The second-order valence-corrected chi connectivity index (χ2v) is 9.82. The Hall–Kier alpha value is -4.04. The summed E-state index contributed by atoms with van der Waals surface area (Å²) in [5, 5.41) is 29.2. The first-order valence-corrected chi connectivity index (χ1v) is 11.9. The van der Waals surface area contributed by atoms with Gasteiger partial charge in [0.15, 0.2) is 0 Å². The Kier molecular flexibility index (Phi) is 7.40. The largest absolute Gasteiger partial charge is 0.469 e. The summed E-state index contributed by atoms with van der Waals surface area (Å²) in [6.45, 7) is 2.32. The van der Waals surface area contributed by atoms with Crippen molar-refractivity contribution < 1.29 is 23.8 Å². The number of amides is 1. The van der Waals surface area contributed by atoms with Gasteiger partial charge in [-0.1, -0.05) is 0 Å². The molecule has 37 heavy (non-hydrogen) atoms. The van der Waals surface area contributed by atoms with E-state index in [9.17, 15) is 19.1 Å². The lowest BCUT2D eigenvalue weighted by atomic mass is 9.78. The second kappa shape index (κ2) is 10.5. The van der Waals surface area contributed by atoms with E-state index in [0.29, 0.717) is 29.1 Å². The number of ether oxygens (including phenoxy) is 1. The molecule has 1 atom stereocenters. The van der Waals surface area contributed by atoms with Gasteiger partial charge in [0.05, 0.1) is 59.2 Å². The highest BCUT2D eigenvalue weighted by molar-refractivity contribution is 6.00. The number of esters is 1. The third kappa shape index (κ3) is 5.86. The standard InChI is InChI=1S/C26H29FN6O4/c1-26(2,36)23(27)14-30-25(35)19-13-29-21(22-5-4-18-8-16(11-28)12-31-33(18)22)10-20(19)32-17-6-15(7-17)9-24(34)37-3/h4-5,8,10,12-13,15,17,23,36H,6-7,9,14H2,1-3H3,(H,29,32)(H,30,35)/t15?,17?,23-/m1/s1. The summed E-state index contributed by atoms with van der Waals surface area (Å²) in [6, 6.07) is 9.17. The van der Waals surface area contributed by atoms with Crippen molar-refractivity contribution in [1.29, 1.82) is 5.26 Å². The zero-order valence-electron chi connectivity index (χ0n) is 20.9. The predicted octanol–water partition coefficient (Wildman–Crippen LogP) is 2.86. The van der Waals surface area contributed by atoms with Gasteiger partial charge in [-0.25, -0.2) is 8.91 Å². The monoisotopic (exact) mass is 508 g/mol. The number of nitrogens with one attached hydrogen (secondary N) is 2. The minimum Gasteiger partial charge on any atom is -0.469 e. The van der Waals surface area contributed by atoms with Crippen LogP contribution in [-0.2, 0) is 9.53 Å². The van der Waals surface area contributed by atoms with E-state index in [4.69, 9.17) is 10.00 Å². The first kappa shape index (κ1) is 26.0. The van der Waals surface area contributed by atoms with Gasteiger partial charge in [0.25, 0.3) is 5.91 Å². The molecule has 0 aliphatic heterocycles. The number of methoxy groups -OCH3 is 1. The number of carbonyl (C=O) groups is 2. The number of pyridine rings is 1. The van der Waals surface area contributed by atoms with E-state index in [-0.39, 0.29) is 30.0 Å². The van der Waals surface area contributed by atoms with Crippen LogP contribution in [0.1, 0.15) is 49.0 Å². The van der Waals surface area contributed by atoms with Crippen LogP contribution in [0, 0.1) is 17.2 Å². The van der Waals surface area contributed by atoms with Crippen molar-refractivity contribution in [1.82, 2.24) is 19.9 Å². The molecule has 3 aromatic rings. The second-order valence-electron chi connectivity index (χ2n) is 9.82. The molecule has 1 aliphatic carbocycles. The van der Waals surface area contributed by atoms with Crippen LogP contribution in [0.25, 0.3) is 16.9 Å². The lowest BCUT2D eigenvalue weighted by Gasteiger charge is -2.36. The van der Waals surface area contributed by atoms with Crippen LogP contribution in [0.4, 0.5) is 10.1 Å². The molecule has 3 N–H and O–H groups in total. The predicted molar refractivity (Wildman–Crippen MR) is 133 cm³/mol. The quantitative estimate of drug-likeness (QED) is 0.375. The van der Waals surface area contributed by atoms with E-state index in [2.05, 4.69) is 26.8 Å². The molecule has 0 aromatic carbocycles. The molecule has 1 fully saturated rings. The molecule has 11 heteroatoms. The summed E-state index contributed by atoms with van der Waals surface area (Å²) in [7, 11) is 1.36. The maximum atomic E-state index is 14.2.